The summed E-state index contributed by atoms with van der Waals surface area (Å²) in [4.78, 5) is 28.6. The fraction of sp³-hybridized carbons (Fsp3) is 0.174. The van der Waals surface area contributed by atoms with Crippen LogP contribution in [-0.4, -0.2) is 22.1 Å². The van der Waals surface area contributed by atoms with Crippen molar-refractivity contribution >= 4 is 33.1 Å². The van der Waals surface area contributed by atoms with Crippen LogP contribution in [0.4, 0.5) is 5.69 Å². The van der Waals surface area contributed by atoms with Crippen molar-refractivity contribution in [2.45, 2.75) is 19.9 Å². The molecule has 0 aliphatic heterocycles. The van der Waals surface area contributed by atoms with Gasteiger partial charge in [0, 0.05) is 36.2 Å². The molecule has 2 heterocycles. The average molecular weight is 420 g/mol. The molecule has 2 aromatic carbocycles. The van der Waals surface area contributed by atoms with E-state index >= 15 is 0 Å². The SMILES string of the molecule is CC(=O)Nc1cccc(OCCCn2cnc(=O)c3c(-c4ccccc4)csc32)c1. The quantitative estimate of drug-likeness (QED) is 0.446. The minimum absolute atomic E-state index is 0.118. The summed E-state index contributed by atoms with van der Waals surface area (Å²) in [5.41, 5.74) is 2.45. The van der Waals surface area contributed by atoms with Crippen molar-refractivity contribution in [2.24, 2.45) is 0 Å². The lowest BCUT2D eigenvalue weighted by molar-refractivity contribution is -0.114. The lowest BCUT2D eigenvalue weighted by atomic mass is 10.1. The van der Waals surface area contributed by atoms with Gasteiger partial charge >= 0.3 is 0 Å². The van der Waals surface area contributed by atoms with Crippen LogP contribution in [0.1, 0.15) is 13.3 Å². The van der Waals surface area contributed by atoms with Gasteiger partial charge in [-0.15, -0.1) is 11.3 Å². The fourth-order valence-corrected chi connectivity index (χ4v) is 4.36. The van der Waals surface area contributed by atoms with Crippen molar-refractivity contribution in [2.75, 3.05) is 11.9 Å². The molecule has 0 unspecified atom stereocenters. The van der Waals surface area contributed by atoms with E-state index in [0.29, 0.717) is 30.0 Å². The standard InChI is InChI=1S/C23H21N3O3S/c1-16(27)25-18-9-5-10-19(13-18)29-12-6-11-26-15-24-22(28)21-20(14-30-23(21)26)17-7-3-2-4-8-17/h2-5,7-10,13-15H,6,11-12H2,1H3,(H,25,27). The number of ether oxygens (including phenoxy) is 1. The second-order valence-electron chi connectivity index (χ2n) is 6.85. The average Bonchev–Trinajstić information content (AvgIpc) is 3.19. The Bertz CT molecular complexity index is 1230. The molecule has 4 rings (SSSR count). The smallest absolute Gasteiger partial charge is 0.282 e. The summed E-state index contributed by atoms with van der Waals surface area (Å²) in [7, 11) is 0. The van der Waals surface area contributed by atoms with Crippen LogP contribution in [0.3, 0.4) is 0 Å². The van der Waals surface area contributed by atoms with E-state index in [1.165, 1.54) is 6.92 Å². The number of nitrogens with zero attached hydrogens (tertiary/aromatic N) is 2. The number of thiophene rings is 1. The van der Waals surface area contributed by atoms with Gasteiger partial charge in [0.2, 0.25) is 5.91 Å². The van der Waals surface area contributed by atoms with E-state index in [4.69, 9.17) is 4.74 Å². The minimum atomic E-state index is -0.201. The fourth-order valence-electron chi connectivity index (χ4n) is 3.29. The molecule has 0 saturated carbocycles. The molecular weight excluding hydrogens is 398 g/mol. The molecule has 1 amide bonds. The maximum absolute atomic E-state index is 12.4. The van der Waals surface area contributed by atoms with Gasteiger partial charge in [-0.3, -0.25) is 9.59 Å². The molecule has 0 radical (unpaired) electrons. The van der Waals surface area contributed by atoms with E-state index in [-0.39, 0.29) is 11.5 Å². The van der Waals surface area contributed by atoms with Gasteiger partial charge in [-0.1, -0.05) is 36.4 Å². The summed E-state index contributed by atoms with van der Waals surface area (Å²) in [5, 5.41) is 5.43. The van der Waals surface area contributed by atoms with Crippen LogP contribution in [0.15, 0.2) is 71.1 Å². The number of nitrogens with one attached hydrogen (secondary N) is 1. The summed E-state index contributed by atoms with van der Waals surface area (Å²) in [6.07, 6.45) is 2.36. The summed E-state index contributed by atoms with van der Waals surface area (Å²) >= 11 is 1.55. The number of carbonyl (C=O) groups excluding carboxylic acids is 1. The maximum atomic E-state index is 12.4. The molecule has 4 aromatic rings. The molecule has 0 aliphatic carbocycles. The number of benzene rings is 2. The molecule has 1 N–H and O–H groups in total. The lowest BCUT2D eigenvalue weighted by Crippen LogP contribution is -2.13. The third-order valence-corrected chi connectivity index (χ3v) is 5.63. The zero-order valence-corrected chi connectivity index (χ0v) is 17.3. The lowest BCUT2D eigenvalue weighted by Gasteiger charge is -2.10. The molecule has 0 atom stereocenters. The highest BCUT2D eigenvalue weighted by atomic mass is 32.1. The summed E-state index contributed by atoms with van der Waals surface area (Å²) in [5.74, 6) is 0.583. The van der Waals surface area contributed by atoms with E-state index in [1.54, 1.807) is 23.7 Å². The highest BCUT2D eigenvalue weighted by molar-refractivity contribution is 7.17. The Balaban J connectivity index is 1.45. The highest BCUT2D eigenvalue weighted by Gasteiger charge is 2.13. The number of carbonyl (C=O) groups is 1. The Labute approximate surface area is 177 Å². The van der Waals surface area contributed by atoms with Gasteiger partial charge in [-0.25, -0.2) is 0 Å². The minimum Gasteiger partial charge on any atom is -0.493 e. The van der Waals surface area contributed by atoms with Gasteiger partial charge in [-0.2, -0.15) is 4.98 Å². The number of anilines is 1. The number of fused-ring (bicyclic) bond motifs is 1. The van der Waals surface area contributed by atoms with Crippen LogP contribution in [0.25, 0.3) is 21.3 Å². The molecule has 6 nitrogen and oxygen atoms in total. The van der Waals surface area contributed by atoms with Crippen LogP contribution in [0.2, 0.25) is 0 Å². The topological polar surface area (TPSA) is 73.2 Å². The molecule has 0 fully saturated rings. The maximum Gasteiger partial charge on any atom is 0.282 e. The van der Waals surface area contributed by atoms with Crippen molar-refractivity contribution in [3.63, 3.8) is 0 Å². The van der Waals surface area contributed by atoms with Crippen LogP contribution in [-0.2, 0) is 11.3 Å². The molecule has 152 valence electrons. The van der Waals surface area contributed by atoms with Gasteiger partial charge in [0.1, 0.15) is 10.6 Å². The molecular formula is C23H21N3O3S. The normalized spacial score (nSPS) is 10.8. The third-order valence-electron chi connectivity index (χ3n) is 4.61. The first-order chi connectivity index (χ1) is 14.6. The van der Waals surface area contributed by atoms with Crippen LogP contribution in [0.5, 0.6) is 5.75 Å². The van der Waals surface area contributed by atoms with Crippen molar-refractivity contribution in [1.82, 2.24) is 9.55 Å². The van der Waals surface area contributed by atoms with Crippen molar-refractivity contribution in [1.29, 1.82) is 0 Å². The second-order valence-corrected chi connectivity index (χ2v) is 7.71. The highest BCUT2D eigenvalue weighted by Crippen LogP contribution is 2.31. The van der Waals surface area contributed by atoms with Crippen LogP contribution >= 0.6 is 11.3 Å². The summed E-state index contributed by atoms with van der Waals surface area (Å²) in [6, 6.07) is 17.2. The monoisotopic (exact) mass is 419 g/mol. The number of hydrogen-bond acceptors (Lipinski definition) is 5. The Kier molecular flexibility index (Phi) is 5.90. The molecule has 0 saturated heterocycles. The van der Waals surface area contributed by atoms with Gasteiger partial charge in [-0.05, 0) is 24.1 Å². The number of hydrogen-bond donors (Lipinski definition) is 1. The molecule has 30 heavy (non-hydrogen) atoms. The van der Waals surface area contributed by atoms with E-state index in [1.807, 2.05) is 58.5 Å². The molecule has 0 aliphatic rings. The molecule has 0 bridgehead atoms. The van der Waals surface area contributed by atoms with E-state index in [9.17, 15) is 9.59 Å². The zero-order chi connectivity index (χ0) is 20.9. The van der Waals surface area contributed by atoms with Crippen molar-refractivity contribution < 1.29 is 9.53 Å². The Hall–Kier alpha value is -3.45. The van der Waals surface area contributed by atoms with Gasteiger partial charge in [0.25, 0.3) is 5.56 Å². The Morgan fingerprint density at radius 1 is 1.17 bits per heavy atom. The third kappa shape index (κ3) is 4.41. The summed E-state index contributed by atoms with van der Waals surface area (Å²) < 4.78 is 7.82. The van der Waals surface area contributed by atoms with Gasteiger partial charge < -0.3 is 14.6 Å². The van der Waals surface area contributed by atoms with E-state index < -0.39 is 0 Å². The molecule has 0 spiro atoms. The number of aryl methyl sites for hydroxylation is 1. The van der Waals surface area contributed by atoms with E-state index in [2.05, 4.69) is 10.3 Å². The summed E-state index contributed by atoms with van der Waals surface area (Å²) in [6.45, 7) is 2.67. The first-order valence-corrected chi connectivity index (χ1v) is 10.5. The van der Waals surface area contributed by atoms with E-state index in [0.717, 1.165) is 22.4 Å². The Morgan fingerprint density at radius 2 is 2.00 bits per heavy atom. The molecule has 7 heteroatoms. The van der Waals surface area contributed by atoms with Crippen LogP contribution in [0, 0.1) is 0 Å². The van der Waals surface area contributed by atoms with Crippen molar-refractivity contribution in [3.05, 3.63) is 76.7 Å². The molecule has 2 aromatic heterocycles. The second kappa shape index (κ2) is 8.92. The number of aromatic nitrogens is 2. The largest absolute Gasteiger partial charge is 0.493 e. The van der Waals surface area contributed by atoms with Crippen LogP contribution < -0.4 is 15.6 Å². The first kappa shape index (κ1) is 19.8. The predicted molar refractivity (Wildman–Crippen MR) is 120 cm³/mol. The zero-order valence-electron chi connectivity index (χ0n) is 16.5. The van der Waals surface area contributed by atoms with Gasteiger partial charge in [0.05, 0.1) is 18.3 Å². The first-order valence-electron chi connectivity index (χ1n) is 9.64. The van der Waals surface area contributed by atoms with Gasteiger partial charge in [0.15, 0.2) is 0 Å². The number of amides is 1. The predicted octanol–water partition coefficient (Wildman–Crippen LogP) is 4.55. The Morgan fingerprint density at radius 3 is 2.80 bits per heavy atom. The van der Waals surface area contributed by atoms with Crippen molar-refractivity contribution in [3.8, 4) is 16.9 Å². The number of rotatable bonds is 7.